The third-order valence-corrected chi connectivity index (χ3v) is 3.15. The van der Waals surface area contributed by atoms with Crippen LogP contribution in [-0.4, -0.2) is 23.9 Å². The molecule has 0 spiro atoms. The summed E-state index contributed by atoms with van der Waals surface area (Å²) >= 11 is 0. The molecule has 3 rings (SSSR count). The fraction of sp³-hybridized carbons (Fsp3) is 0.167. The van der Waals surface area contributed by atoms with Gasteiger partial charge in [0.2, 0.25) is 0 Å². The zero-order valence-corrected chi connectivity index (χ0v) is 10.1. The molecule has 0 radical (unpaired) electrons. The third-order valence-electron chi connectivity index (χ3n) is 3.15. The Kier molecular flexibility index (Phi) is 2.63. The van der Waals surface area contributed by atoms with E-state index in [2.05, 4.69) is 21.3 Å². The van der Waals surface area contributed by atoms with Crippen LogP contribution < -0.4 is 21.3 Å². The molecule has 2 aliphatic rings. The van der Waals surface area contributed by atoms with Crippen LogP contribution in [-0.2, 0) is 9.59 Å². The number of hydrogen-bond donors (Lipinski definition) is 4. The Labute approximate surface area is 112 Å². The molecular formula is C12H10N4O4. The molecule has 0 aliphatic carbocycles. The van der Waals surface area contributed by atoms with Crippen LogP contribution in [0, 0.1) is 0 Å². The van der Waals surface area contributed by atoms with E-state index in [4.69, 9.17) is 0 Å². The van der Waals surface area contributed by atoms with Crippen LogP contribution in [0.5, 0.6) is 0 Å². The number of benzene rings is 1. The molecule has 102 valence electrons. The van der Waals surface area contributed by atoms with E-state index >= 15 is 0 Å². The Morgan fingerprint density at radius 2 is 1.00 bits per heavy atom. The van der Waals surface area contributed by atoms with Crippen molar-refractivity contribution in [1.29, 1.82) is 0 Å². The molecule has 2 fully saturated rings. The van der Waals surface area contributed by atoms with Gasteiger partial charge in [0.05, 0.1) is 0 Å². The number of nitrogens with one attached hydrogen (secondary N) is 4. The Balaban J connectivity index is 1.81. The summed E-state index contributed by atoms with van der Waals surface area (Å²) in [5, 5.41) is 9.23. The van der Waals surface area contributed by atoms with Gasteiger partial charge < -0.3 is 10.6 Å². The van der Waals surface area contributed by atoms with Crippen LogP contribution in [0.1, 0.15) is 23.2 Å². The predicted molar refractivity (Wildman–Crippen MR) is 65.3 cm³/mol. The first-order chi connectivity index (χ1) is 9.54. The summed E-state index contributed by atoms with van der Waals surface area (Å²) in [6, 6.07) is 3.97. The lowest BCUT2D eigenvalue weighted by molar-refractivity contribution is -0.121. The van der Waals surface area contributed by atoms with Gasteiger partial charge >= 0.3 is 12.1 Å². The molecule has 0 unspecified atom stereocenters. The number of urea groups is 2. The molecule has 20 heavy (non-hydrogen) atoms. The average molecular weight is 274 g/mol. The van der Waals surface area contributed by atoms with Crippen molar-refractivity contribution in [2.75, 3.05) is 0 Å². The molecular weight excluding hydrogens is 264 g/mol. The minimum atomic E-state index is -0.733. The number of rotatable bonds is 2. The summed E-state index contributed by atoms with van der Waals surface area (Å²) < 4.78 is 0. The largest absolute Gasteiger partial charge is 0.322 e. The van der Waals surface area contributed by atoms with Crippen LogP contribution in [0.2, 0.25) is 0 Å². The molecule has 1 aromatic rings. The zero-order chi connectivity index (χ0) is 14.3. The summed E-state index contributed by atoms with van der Waals surface area (Å²) in [7, 11) is 0. The van der Waals surface area contributed by atoms with Crippen LogP contribution >= 0.6 is 0 Å². The topological polar surface area (TPSA) is 116 Å². The SMILES string of the molecule is O=C1NC(=O)[C@H](c2ccc([C@@H]3NC(=O)NC3=O)cc2)N1. The van der Waals surface area contributed by atoms with E-state index < -0.39 is 36.0 Å². The van der Waals surface area contributed by atoms with Gasteiger partial charge in [-0.2, -0.15) is 0 Å². The number of hydrogen-bond acceptors (Lipinski definition) is 4. The second kappa shape index (κ2) is 4.34. The molecule has 2 atom stereocenters. The second-order valence-corrected chi connectivity index (χ2v) is 4.46. The van der Waals surface area contributed by atoms with Gasteiger partial charge in [-0.15, -0.1) is 0 Å². The van der Waals surface area contributed by atoms with Crippen molar-refractivity contribution in [3.8, 4) is 0 Å². The summed E-state index contributed by atoms with van der Waals surface area (Å²) in [6.45, 7) is 0. The van der Waals surface area contributed by atoms with Gasteiger partial charge in [0.1, 0.15) is 12.1 Å². The molecule has 8 nitrogen and oxygen atoms in total. The maximum Gasteiger partial charge on any atom is 0.322 e. The molecule has 8 heteroatoms. The molecule has 0 saturated carbocycles. The molecule has 6 amide bonds. The predicted octanol–water partition coefficient (Wildman–Crippen LogP) is -0.552. The van der Waals surface area contributed by atoms with Crippen molar-refractivity contribution in [2.24, 2.45) is 0 Å². The highest BCUT2D eigenvalue weighted by Gasteiger charge is 2.33. The average Bonchev–Trinajstić information content (AvgIpc) is 2.92. The monoisotopic (exact) mass is 274 g/mol. The van der Waals surface area contributed by atoms with Crippen LogP contribution in [0.4, 0.5) is 9.59 Å². The third kappa shape index (κ3) is 1.96. The molecule has 0 bridgehead atoms. The minimum Gasteiger partial charge on any atom is -0.322 e. The quantitative estimate of drug-likeness (QED) is 0.541. The smallest absolute Gasteiger partial charge is 0.322 e. The van der Waals surface area contributed by atoms with Crippen molar-refractivity contribution in [2.45, 2.75) is 12.1 Å². The van der Waals surface area contributed by atoms with Gasteiger partial charge in [-0.1, -0.05) is 24.3 Å². The standard InChI is InChI=1S/C12H10N4O4/c17-9-7(13-11(19)15-9)5-1-2-6(4-3-5)8-10(18)16-12(20)14-8/h1-4,7-8H,(H2,13,15,17,19)(H2,14,16,18,20)/t7-,8-/m0/s1. The van der Waals surface area contributed by atoms with Crippen molar-refractivity contribution in [1.82, 2.24) is 21.3 Å². The van der Waals surface area contributed by atoms with Crippen LogP contribution in [0.15, 0.2) is 24.3 Å². The lowest BCUT2D eigenvalue weighted by atomic mass is 10.0. The number of amides is 6. The van der Waals surface area contributed by atoms with E-state index in [1.54, 1.807) is 24.3 Å². The van der Waals surface area contributed by atoms with Crippen molar-refractivity contribution < 1.29 is 19.2 Å². The van der Waals surface area contributed by atoms with E-state index in [9.17, 15) is 19.2 Å². The van der Waals surface area contributed by atoms with E-state index in [0.29, 0.717) is 11.1 Å². The van der Waals surface area contributed by atoms with Gasteiger partial charge in [-0.25, -0.2) is 9.59 Å². The fourth-order valence-electron chi connectivity index (χ4n) is 2.18. The lowest BCUT2D eigenvalue weighted by Crippen LogP contribution is -2.22. The Hall–Kier alpha value is -2.90. The number of carbonyl (C=O) groups is 4. The van der Waals surface area contributed by atoms with Gasteiger partial charge in [0.25, 0.3) is 11.8 Å². The molecule has 2 aliphatic heterocycles. The van der Waals surface area contributed by atoms with Crippen LogP contribution in [0.25, 0.3) is 0 Å². The first-order valence-corrected chi connectivity index (χ1v) is 5.87. The van der Waals surface area contributed by atoms with Gasteiger partial charge in [0.15, 0.2) is 0 Å². The maximum absolute atomic E-state index is 11.5. The summed E-state index contributed by atoms with van der Waals surface area (Å²) in [5.41, 5.74) is 1.20. The zero-order valence-electron chi connectivity index (χ0n) is 10.1. The second-order valence-electron chi connectivity index (χ2n) is 4.46. The Bertz CT molecular complexity index is 570. The highest BCUT2D eigenvalue weighted by molar-refractivity contribution is 6.05. The molecule has 4 N–H and O–H groups in total. The molecule has 1 aromatic carbocycles. The highest BCUT2D eigenvalue weighted by atomic mass is 16.2. The summed E-state index contributed by atoms with van der Waals surface area (Å²) in [6.07, 6.45) is 0. The number of imide groups is 2. The first kappa shape index (κ1) is 12.2. The van der Waals surface area contributed by atoms with E-state index in [0.717, 1.165) is 0 Å². The first-order valence-electron chi connectivity index (χ1n) is 5.87. The van der Waals surface area contributed by atoms with Gasteiger partial charge in [0, 0.05) is 0 Å². The lowest BCUT2D eigenvalue weighted by Gasteiger charge is -2.11. The molecule has 2 saturated heterocycles. The van der Waals surface area contributed by atoms with Gasteiger partial charge in [-0.05, 0) is 11.1 Å². The molecule has 0 aromatic heterocycles. The van der Waals surface area contributed by atoms with E-state index in [-0.39, 0.29) is 0 Å². The minimum absolute atomic E-state index is 0.422. The fourth-order valence-corrected chi connectivity index (χ4v) is 2.18. The number of carbonyl (C=O) groups excluding carboxylic acids is 4. The normalized spacial score (nSPS) is 25.0. The summed E-state index contributed by atoms with van der Waals surface area (Å²) in [5.74, 6) is -0.843. The van der Waals surface area contributed by atoms with Crippen molar-refractivity contribution in [3.05, 3.63) is 35.4 Å². The van der Waals surface area contributed by atoms with E-state index in [1.165, 1.54) is 0 Å². The van der Waals surface area contributed by atoms with Crippen molar-refractivity contribution in [3.63, 3.8) is 0 Å². The molecule has 2 heterocycles. The summed E-state index contributed by atoms with van der Waals surface area (Å²) in [4.78, 5) is 45.1. The highest BCUT2D eigenvalue weighted by Crippen LogP contribution is 2.21. The van der Waals surface area contributed by atoms with Crippen molar-refractivity contribution >= 4 is 23.9 Å². The van der Waals surface area contributed by atoms with E-state index in [1.807, 2.05) is 0 Å². The van der Waals surface area contributed by atoms with Crippen LogP contribution in [0.3, 0.4) is 0 Å². The Morgan fingerprint density at radius 3 is 1.25 bits per heavy atom. The maximum atomic E-state index is 11.5. The Morgan fingerprint density at radius 1 is 0.650 bits per heavy atom. The van der Waals surface area contributed by atoms with Gasteiger partial charge in [-0.3, -0.25) is 20.2 Å².